The molecule has 0 heterocycles. The Kier molecular flexibility index (Phi) is 9.08. The number of aromatic hydroxyl groups is 1. The summed E-state index contributed by atoms with van der Waals surface area (Å²) in [6.07, 6.45) is 2.77. The Morgan fingerprint density at radius 2 is 1.91 bits per heavy atom. The number of aromatic carboxylic acids is 1. The van der Waals surface area contributed by atoms with Crippen LogP contribution in [0.15, 0.2) is 24.3 Å². The number of carbonyl (C=O) groups is 2. The van der Waals surface area contributed by atoms with Crippen LogP contribution >= 0.6 is 0 Å². The van der Waals surface area contributed by atoms with Crippen molar-refractivity contribution < 1.29 is 34.0 Å². The highest BCUT2D eigenvalue weighted by atomic mass is 16.5. The molecule has 0 aliphatic heterocycles. The molecule has 1 unspecified atom stereocenters. The van der Waals surface area contributed by atoms with Gasteiger partial charge in [0.05, 0.1) is 18.8 Å². The number of methoxy groups -OCH3 is 1. The molecule has 7 heteroatoms. The number of carboxylic acids is 1. The third-order valence-electron chi connectivity index (χ3n) is 5.00. The van der Waals surface area contributed by atoms with Crippen LogP contribution in [0.25, 0.3) is 0 Å². The predicted molar refractivity (Wildman–Crippen MR) is 121 cm³/mol. The van der Waals surface area contributed by atoms with Crippen LogP contribution in [0, 0.1) is 12.8 Å². The van der Waals surface area contributed by atoms with E-state index >= 15 is 0 Å². The summed E-state index contributed by atoms with van der Waals surface area (Å²) in [7, 11) is 1.40. The number of ether oxygens (including phenoxy) is 3. The summed E-state index contributed by atoms with van der Waals surface area (Å²) in [5.41, 5.74) is 1.20. The molecule has 0 aliphatic carbocycles. The van der Waals surface area contributed by atoms with E-state index in [1.54, 1.807) is 19.1 Å². The third-order valence-corrected chi connectivity index (χ3v) is 5.00. The van der Waals surface area contributed by atoms with E-state index in [4.69, 9.17) is 14.2 Å². The summed E-state index contributed by atoms with van der Waals surface area (Å²) >= 11 is 0. The molecule has 7 nitrogen and oxygen atoms in total. The maximum absolute atomic E-state index is 12.2. The standard InChI is InChI=1S/C25H32O7/c1-6-7-10-31-21(11-15(2)3)18-8-9-20(22(25(28)29)24(18)30-5)32-23-17(14-26)12-16(4)13-19(23)27/h8-9,12-15,21,27H,6-7,10-11H2,1-5H3,(H,28,29). The van der Waals surface area contributed by atoms with Gasteiger partial charge in [-0.05, 0) is 55.5 Å². The molecule has 2 N–H and O–H groups in total. The van der Waals surface area contributed by atoms with E-state index in [0.29, 0.717) is 36.4 Å². The number of hydrogen-bond donors (Lipinski definition) is 2. The van der Waals surface area contributed by atoms with Crippen LogP contribution in [0.5, 0.6) is 23.0 Å². The van der Waals surface area contributed by atoms with E-state index in [1.807, 2.05) is 0 Å². The van der Waals surface area contributed by atoms with Gasteiger partial charge in [-0.25, -0.2) is 4.79 Å². The molecule has 0 saturated carbocycles. The molecule has 0 amide bonds. The summed E-state index contributed by atoms with van der Waals surface area (Å²) in [5.74, 6) is -1.22. The van der Waals surface area contributed by atoms with E-state index in [1.165, 1.54) is 19.2 Å². The lowest BCUT2D eigenvalue weighted by molar-refractivity contribution is 0.0347. The van der Waals surface area contributed by atoms with E-state index in [2.05, 4.69) is 20.8 Å². The van der Waals surface area contributed by atoms with E-state index in [-0.39, 0.29) is 40.2 Å². The molecule has 174 valence electrons. The van der Waals surface area contributed by atoms with Crippen LogP contribution in [0.2, 0.25) is 0 Å². The molecule has 1 atom stereocenters. The Morgan fingerprint density at radius 3 is 2.47 bits per heavy atom. The van der Waals surface area contributed by atoms with Gasteiger partial charge in [0.15, 0.2) is 17.8 Å². The number of benzene rings is 2. The van der Waals surface area contributed by atoms with Crippen LogP contribution in [-0.4, -0.2) is 36.2 Å². The zero-order chi connectivity index (χ0) is 23.8. The number of carbonyl (C=O) groups excluding carboxylic acids is 1. The van der Waals surface area contributed by atoms with Gasteiger partial charge >= 0.3 is 5.97 Å². The fraction of sp³-hybridized carbons (Fsp3) is 0.440. The number of aldehydes is 1. The lowest BCUT2D eigenvalue weighted by Crippen LogP contribution is -2.13. The highest BCUT2D eigenvalue weighted by molar-refractivity contribution is 5.95. The molecule has 0 aromatic heterocycles. The lowest BCUT2D eigenvalue weighted by Gasteiger charge is -2.24. The van der Waals surface area contributed by atoms with Gasteiger partial charge in [-0.2, -0.15) is 0 Å². The fourth-order valence-corrected chi connectivity index (χ4v) is 3.51. The van der Waals surface area contributed by atoms with Crippen molar-refractivity contribution >= 4 is 12.3 Å². The number of hydrogen-bond acceptors (Lipinski definition) is 6. The summed E-state index contributed by atoms with van der Waals surface area (Å²) < 4.78 is 17.4. The van der Waals surface area contributed by atoms with Crippen LogP contribution < -0.4 is 9.47 Å². The second kappa shape index (κ2) is 11.5. The van der Waals surface area contributed by atoms with Crippen LogP contribution in [0.1, 0.15) is 78.0 Å². The quantitative estimate of drug-likeness (QED) is 0.310. The van der Waals surface area contributed by atoms with Crippen molar-refractivity contribution in [1.29, 1.82) is 0 Å². The highest BCUT2D eigenvalue weighted by Crippen LogP contribution is 2.42. The number of unbranched alkanes of at least 4 members (excludes halogenated alkanes) is 1. The number of rotatable bonds is 12. The van der Waals surface area contributed by atoms with Crippen molar-refractivity contribution in [2.24, 2.45) is 5.92 Å². The van der Waals surface area contributed by atoms with E-state index < -0.39 is 5.97 Å². The number of phenols is 1. The van der Waals surface area contributed by atoms with Gasteiger partial charge in [-0.1, -0.05) is 27.2 Å². The van der Waals surface area contributed by atoms with Crippen molar-refractivity contribution in [2.75, 3.05) is 13.7 Å². The second-order valence-electron chi connectivity index (χ2n) is 8.13. The van der Waals surface area contributed by atoms with Crippen LogP contribution in [-0.2, 0) is 4.74 Å². The molecule has 0 radical (unpaired) electrons. The Bertz CT molecular complexity index is 950. The van der Waals surface area contributed by atoms with Crippen molar-refractivity contribution in [3.05, 3.63) is 46.5 Å². The normalized spacial score (nSPS) is 11.9. The molecule has 0 saturated heterocycles. The van der Waals surface area contributed by atoms with Gasteiger partial charge < -0.3 is 24.4 Å². The average Bonchev–Trinajstić information content (AvgIpc) is 2.73. The van der Waals surface area contributed by atoms with Crippen molar-refractivity contribution in [3.63, 3.8) is 0 Å². The monoisotopic (exact) mass is 444 g/mol. The highest BCUT2D eigenvalue weighted by Gasteiger charge is 2.28. The van der Waals surface area contributed by atoms with Crippen molar-refractivity contribution in [1.82, 2.24) is 0 Å². The SMILES string of the molecule is CCCCOC(CC(C)C)c1ccc(Oc2c(O)cc(C)cc2C=O)c(C(=O)O)c1OC. The number of phenolic OH excluding ortho intramolecular Hbond substituents is 1. The number of aryl methyl sites for hydroxylation is 1. The Labute approximate surface area is 188 Å². The summed E-state index contributed by atoms with van der Waals surface area (Å²) in [4.78, 5) is 23.7. The minimum atomic E-state index is -1.25. The first-order valence-corrected chi connectivity index (χ1v) is 10.8. The lowest BCUT2D eigenvalue weighted by atomic mass is 9.96. The first kappa shape index (κ1) is 25.2. The summed E-state index contributed by atoms with van der Waals surface area (Å²) in [6, 6.07) is 6.21. The van der Waals surface area contributed by atoms with Gasteiger partial charge in [0.1, 0.15) is 17.1 Å². The maximum atomic E-state index is 12.2. The molecule has 2 aromatic rings. The van der Waals surface area contributed by atoms with E-state index in [9.17, 15) is 19.8 Å². The molecule has 0 fully saturated rings. The summed E-state index contributed by atoms with van der Waals surface area (Å²) in [6.45, 7) is 8.49. The molecular weight excluding hydrogens is 412 g/mol. The Hall–Kier alpha value is -3.06. The number of carboxylic acid groups (broad SMARTS) is 1. The third kappa shape index (κ3) is 6.01. The zero-order valence-corrected chi connectivity index (χ0v) is 19.3. The van der Waals surface area contributed by atoms with E-state index in [0.717, 1.165) is 12.8 Å². The van der Waals surface area contributed by atoms with Gasteiger partial charge in [-0.15, -0.1) is 0 Å². The minimum Gasteiger partial charge on any atom is -0.504 e. The van der Waals surface area contributed by atoms with Gasteiger partial charge in [0, 0.05) is 12.2 Å². The Balaban J connectivity index is 2.58. The van der Waals surface area contributed by atoms with Crippen molar-refractivity contribution in [2.45, 2.75) is 53.1 Å². The van der Waals surface area contributed by atoms with Gasteiger partial charge in [-0.3, -0.25) is 4.79 Å². The average molecular weight is 445 g/mol. The first-order chi connectivity index (χ1) is 15.2. The molecule has 0 spiro atoms. The maximum Gasteiger partial charge on any atom is 0.343 e. The largest absolute Gasteiger partial charge is 0.504 e. The molecule has 0 aliphatic rings. The predicted octanol–water partition coefficient (Wildman–Crippen LogP) is 5.92. The topological polar surface area (TPSA) is 102 Å². The zero-order valence-electron chi connectivity index (χ0n) is 19.3. The van der Waals surface area contributed by atoms with Gasteiger partial charge in [0.2, 0.25) is 0 Å². The van der Waals surface area contributed by atoms with Crippen LogP contribution in [0.4, 0.5) is 0 Å². The fourth-order valence-electron chi connectivity index (χ4n) is 3.51. The first-order valence-electron chi connectivity index (χ1n) is 10.8. The summed E-state index contributed by atoms with van der Waals surface area (Å²) in [5, 5.41) is 20.3. The Morgan fingerprint density at radius 1 is 1.19 bits per heavy atom. The van der Waals surface area contributed by atoms with Crippen LogP contribution in [0.3, 0.4) is 0 Å². The van der Waals surface area contributed by atoms with Crippen molar-refractivity contribution in [3.8, 4) is 23.0 Å². The second-order valence-corrected chi connectivity index (χ2v) is 8.13. The smallest absolute Gasteiger partial charge is 0.343 e. The molecule has 0 bridgehead atoms. The molecule has 2 rings (SSSR count). The minimum absolute atomic E-state index is 0.0443. The molecular formula is C25H32O7. The van der Waals surface area contributed by atoms with Gasteiger partial charge in [0.25, 0.3) is 0 Å². The molecule has 32 heavy (non-hydrogen) atoms. The molecule has 2 aromatic carbocycles.